The van der Waals surface area contributed by atoms with Gasteiger partial charge in [0.05, 0.1) is 23.4 Å². The Morgan fingerprint density at radius 2 is 2.33 bits per heavy atom. The van der Waals surface area contributed by atoms with Crippen LogP contribution in [0.5, 0.6) is 0 Å². The van der Waals surface area contributed by atoms with Gasteiger partial charge in [-0.05, 0) is 13.0 Å². The van der Waals surface area contributed by atoms with Gasteiger partial charge in [-0.15, -0.1) is 11.3 Å². The van der Waals surface area contributed by atoms with Gasteiger partial charge in [0.25, 0.3) is 6.01 Å². The van der Waals surface area contributed by atoms with E-state index in [0.29, 0.717) is 12.6 Å². The predicted octanol–water partition coefficient (Wildman–Crippen LogP) is 2.27. The van der Waals surface area contributed by atoms with Crippen LogP contribution in [0.4, 0.5) is 6.01 Å². The fraction of sp³-hybridized carbons (Fsp3) is 0.500. The Morgan fingerprint density at radius 3 is 3.06 bits per heavy atom. The van der Waals surface area contributed by atoms with Gasteiger partial charge in [0.1, 0.15) is 6.26 Å². The largest absolute Gasteiger partial charge is 0.432 e. The standard InChI is InChI=1S/C12H18N4OS/c1-3-4-13-5-10-7-17-12(15-10)16(2)6-11-8-18-9-14-11/h7-9,13H,3-6H2,1-2H3. The predicted molar refractivity (Wildman–Crippen MR) is 72.7 cm³/mol. The topological polar surface area (TPSA) is 54.2 Å². The summed E-state index contributed by atoms with van der Waals surface area (Å²) >= 11 is 1.60. The van der Waals surface area contributed by atoms with E-state index in [1.165, 1.54) is 0 Å². The maximum Gasteiger partial charge on any atom is 0.297 e. The minimum absolute atomic E-state index is 0.635. The second-order valence-electron chi connectivity index (χ2n) is 4.13. The Bertz CT molecular complexity index is 454. The van der Waals surface area contributed by atoms with E-state index in [1.54, 1.807) is 17.6 Å². The van der Waals surface area contributed by atoms with Crippen LogP contribution in [-0.4, -0.2) is 23.6 Å². The number of aromatic nitrogens is 2. The molecule has 2 aromatic rings. The quantitative estimate of drug-likeness (QED) is 0.779. The average molecular weight is 266 g/mol. The third-order valence-corrected chi connectivity index (χ3v) is 3.12. The zero-order valence-electron chi connectivity index (χ0n) is 10.7. The first-order chi connectivity index (χ1) is 8.79. The summed E-state index contributed by atoms with van der Waals surface area (Å²) in [4.78, 5) is 10.6. The highest BCUT2D eigenvalue weighted by Crippen LogP contribution is 2.14. The Labute approximate surface area is 111 Å². The highest BCUT2D eigenvalue weighted by Gasteiger charge is 2.10. The Hall–Kier alpha value is -1.40. The summed E-state index contributed by atoms with van der Waals surface area (Å²) in [5.41, 5.74) is 3.80. The van der Waals surface area contributed by atoms with Crippen LogP contribution in [0.1, 0.15) is 24.7 Å². The molecule has 0 aliphatic carbocycles. The Kier molecular flexibility index (Phi) is 4.72. The average Bonchev–Trinajstić information content (AvgIpc) is 3.00. The van der Waals surface area contributed by atoms with E-state index in [0.717, 1.165) is 30.9 Å². The number of thiazole rings is 1. The second kappa shape index (κ2) is 6.51. The molecule has 0 fully saturated rings. The highest BCUT2D eigenvalue weighted by atomic mass is 32.1. The van der Waals surface area contributed by atoms with Crippen LogP contribution in [0.25, 0.3) is 0 Å². The minimum Gasteiger partial charge on any atom is -0.432 e. The molecule has 0 unspecified atom stereocenters. The molecule has 0 atom stereocenters. The van der Waals surface area contributed by atoms with E-state index in [1.807, 2.05) is 22.8 Å². The Morgan fingerprint density at radius 1 is 1.44 bits per heavy atom. The zero-order valence-corrected chi connectivity index (χ0v) is 11.5. The lowest BCUT2D eigenvalue weighted by atomic mass is 10.4. The minimum atomic E-state index is 0.635. The van der Waals surface area contributed by atoms with Crippen molar-refractivity contribution in [3.8, 4) is 0 Å². The van der Waals surface area contributed by atoms with E-state index >= 15 is 0 Å². The first-order valence-corrected chi connectivity index (χ1v) is 6.97. The van der Waals surface area contributed by atoms with Gasteiger partial charge >= 0.3 is 0 Å². The maximum absolute atomic E-state index is 5.46. The van der Waals surface area contributed by atoms with E-state index in [9.17, 15) is 0 Å². The van der Waals surface area contributed by atoms with Gasteiger partial charge in [-0.2, -0.15) is 4.98 Å². The molecule has 0 aromatic carbocycles. The van der Waals surface area contributed by atoms with Gasteiger partial charge in [0.2, 0.25) is 0 Å². The third-order valence-electron chi connectivity index (χ3n) is 2.48. The van der Waals surface area contributed by atoms with Crippen molar-refractivity contribution in [3.05, 3.63) is 28.5 Å². The number of oxazole rings is 1. The molecule has 5 nitrogen and oxygen atoms in total. The van der Waals surface area contributed by atoms with Crippen molar-refractivity contribution in [1.82, 2.24) is 15.3 Å². The van der Waals surface area contributed by atoms with Gasteiger partial charge in [0.15, 0.2) is 0 Å². The number of hydrogen-bond donors (Lipinski definition) is 1. The molecule has 18 heavy (non-hydrogen) atoms. The van der Waals surface area contributed by atoms with Gasteiger partial charge in [-0.1, -0.05) is 6.92 Å². The molecular weight excluding hydrogens is 248 g/mol. The van der Waals surface area contributed by atoms with Crippen LogP contribution in [0.15, 0.2) is 21.6 Å². The highest BCUT2D eigenvalue weighted by molar-refractivity contribution is 7.07. The van der Waals surface area contributed by atoms with Crippen molar-refractivity contribution in [3.63, 3.8) is 0 Å². The summed E-state index contributed by atoms with van der Waals surface area (Å²) in [6.45, 7) is 4.60. The summed E-state index contributed by atoms with van der Waals surface area (Å²) in [5.74, 6) is 0. The fourth-order valence-electron chi connectivity index (χ4n) is 1.57. The molecule has 6 heteroatoms. The van der Waals surface area contributed by atoms with Gasteiger partial charge in [-0.25, -0.2) is 4.98 Å². The second-order valence-corrected chi connectivity index (χ2v) is 4.85. The van der Waals surface area contributed by atoms with Gasteiger partial charge in [0, 0.05) is 19.0 Å². The zero-order chi connectivity index (χ0) is 12.8. The molecule has 0 radical (unpaired) electrons. The maximum atomic E-state index is 5.46. The summed E-state index contributed by atoms with van der Waals surface area (Å²) in [6.07, 6.45) is 2.82. The summed E-state index contributed by atoms with van der Waals surface area (Å²) < 4.78 is 5.46. The molecule has 2 aromatic heterocycles. The van der Waals surface area contributed by atoms with Crippen LogP contribution in [-0.2, 0) is 13.1 Å². The summed E-state index contributed by atoms with van der Waals surface area (Å²) in [5, 5.41) is 5.33. The molecule has 0 bridgehead atoms. The van der Waals surface area contributed by atoms with Gasteiger partial charge in [-0.3, -0.25) is 0 Å². The number of hydrogen-bond acceptors (Lipinski definition) is 6. The SMILES string of the molecule is CCCNCc1coc(N(C)Cc2cscn2)n1. The molecule has 0 spiro atoms. The van der Waals surface area contributed by atoms with Crippen LogP contribution in [0.3, 0.4) is 0 Å². The smallest absolute Gasteiger partial charge is 0.297 e. The van der Waals surface area contributed by atoms with Crippen molar-refractivity contribution in [2.75, 3.05) is 18.5 Å². The van der Waals surface area contributed by atoms with Crippen molar-refractivity contribution < 1.29 is 4.42 Å². The molecule has 2 rings (SSSR count). The van der Waals surface area contributed by atoms with Gasteiger partial charge < -0.3 is 14.6 Å². The number of nitrogens with one attached hydrogen (secondary N) is 1. The first kappa shape index (κ1) is 13.0. The van der Waals surface area contributed by atoms with Crippen molar-refractivity contribution in [2.45, 2.75) is 26.4 Å². The molecule has 98 valence electrons. The van der Waals surface area contributed by atoms with E-state index in [-0.39, 0.29) is 0 Å². The lowest BCUT2D eigenvalue weighted by Crippen LogP contribution is -2.17. The number of rotatable bonds is 7. The molecule has 0 aliphatic rings. The van der Waals surface area contributed by atoms with Crippen LogP contribution in [0.2, 0.25) is 0 Å². The Balaban J connectivity index is 1.88. The lowest BCUT2D eigenvalue weighted by Gasteiger charge is -2.11. The fourth-order valence-corrected chi connectivity index (χ4v) is 2.12. The van der Waals surface area contributed by atoms with Crippen molar-refractivity contribution >= 4 is 17.4 Å². The van der Waals surface area contributed by atoms with E-state index in [2.05, 4.69) is 22.2 Å². The van der Waals surface area contributed by atoms with Crippen molar-refractivity contribution in [2.24, 2.45) is 0 Å². The van der Waals surface area contributed by atoms with Crippen LogP contribution >= 0.6 is 11.3 Å². The molecule has 0 saturated heterocycles. The molecule has 2 heterocycles. The summed E-state index contributed by atoms with van der Waals surface area (Å²) in [6, 6.07) is 0.635. The number of nitrogens with zero attached hydrogens (tertiary/aromatic N) is 3. The van der Waals surface area contributed by atoms with Crippen LogP contribution in [0, 0.1) is 0 Å². The number of anilines is 1. The molecular formula is C12H18N4OS. The van der Waals surface area contributed by atoms with Crippen LogP contribution < -0.4 is 10.2 Å². The molecule has 0 amide bonds. The third kappa shape index (κ3) is 3.54. The monoisotopic (exact) mass is 266 g/mol. The lowest BCUT2D eigenvalue weighted by molar-refractivity contribution is 0.541. The first-order valence-electron chi connectivity index (χ1n) is 6.03. The molecule has 0 aliphatic heterocycles. The normalized spacial score (nSPS) is 10.8. The van der Waals surface area contributed by atoms with Crippen molar-refractivity contribution in [1.29, 1.82) is 0 Å². The molecule has 1 N–H and O–H groups in total. The van der Waals surface area contributed by atoms with E-state index in [4.69, 9.17) is 4.42 Å². The van der Waals surface area contributed by atoms with E-state index < -0.39 is 0 Å². The summed E-state index contributed by atoms with van der Waals surface area (Å²) in [7, 11) is 1.95. The molecule has 0 saturated carbocycles.